The normalized spacial score (nSPS) is 16.1. The molecule has 1 heterocycles. The largest absolute Gasteiger partial charge is 0.492 e. The number of rotatable bonds is 8. The van der Waals surface area contributed by atoms with Crippen molar-refractivity contribution in [3.63, 3.8) is 0 Å². The predicted octanol–water partition coefficient (Wildman–Crippen LogP) is 4.29. The van der Waals surface area contributed by atoms with E-state index < -0.39 is 7.12 Å². The Balaban J connectivity index is 1.67. The van der Waals surface area contributed by atoms with Crippen LogP contribution in [0.3, 0.4) is 0 Å². The van der Waals surface area contributed by atoms with Crippen LogP contribution in [0.25, 0.3) is 0 Å². The Kier molecular flexibility index (Phi) is 7.72. The molecule has 0 bridgehead atoms. The highest BCUT2D eigenvalue weighted by Gasteiger charge is 2.33. The van der Waals surface area contributed by atoms with Crippen LogP contribution in [0, 0.1) is 18.8 Å². The number of fused-ring (bicyclic) bond motifs is 1. The lowest BCUT2D eigenvalue weighted by Crippen LogP contribution is -2.28. The van der Waals surface area contributed by atoms with Gasteiger partial charge < -0.3 is 9.68 Å². The van der Waals surface area contributed by atoms with E-state index in [1.165, 1.54) is 44.9 Å². The molecule has 0 saturated heterocycles. The van der Waals surface area contributed by atoms with Crippen molar-refractivity contribution < 1.29 is 9.68 Å². The molecule has 1 aromatic carbocycles. The van der Waals surface area contributed by atoms with Crippen molar-refractivity contribution in [2.45, 2.75) is 77.7 Å². The first kappa shape index (κ1) is 18.1. The summed E-state index contributed by atoms with van der Waals surface area (Å²) in [6, 6.07) is 6.06. The molecule has 1 atom stereocenters. The zero-order valence-electron chi connectivity index (χ0n) is 14.6. The van der Waals surface area contributed by atoms with Crippen molar-refractivity contribution in [3.05, 3.63) is 29.3 Å². The van der Waals surface area contributed by atoms with Gasteiger partial charge in [0.1, 0.15) is 6.10 Å². The molecule has 1 aliphatic heterocycles. The van der Waals surface area contributed by atoms with Crippen LogP contribution in [0.1, 0.15) is 81.9 Å². The number of unbranched alkanes of at least 4 members (excludes halogenated alkanes) is 8. The summed E-state index contributed by atoms with van der Waals surface area (Å²) < 4.78 is 5.55. The zero-order chi connectivity index (χ0) is 16.5. The Morgan fingerprint density at radius 2 is 1.78 bits per heavy atom. The van der Waals surface area contributed by atoms with Crippen molar-refractivity contribution in [3.8, 4) is 11.8 Å². The quantitative estimate of drug-likeness (QED) is 0.441. The van der Waals surface area contributed by atoms with Gasteiger partial charge in [0.15, 0.2) is 0 Å². The second kappa shape index (κ2) is 9.80. The number of hydrogen-bond donors (Lipinski definition) is 1. The first-order valence-corrected chi connectivity index (χ1v) is 9.14. The summed E-state index contributed by atoms with van der Waals surface area (Å²) in [5.74, 6) is 6.40. The third kappa shape index (κ3) is 5.72. The molecular weight excluding hydrogens is 283 g/mol. The highest BCUT2D eigenvalue weighted by Crippen LogP contribution is 2.23. The summed E-state index contributed by atoms with van der Waals surface area (Å²) in [7, 11) is -0.827. The van der Waals surface area contributed by atoms with Crippen LogP contribution < -0.4 is 5.46 Å². The smallest absolute Gasteiger partial charge is 0.423 e. The van der Waals surface area contributed by atoms with E-state index in [9.17, 15) is 5.02 Å². The van der Waals surface area contributed by atoms with Gasteiger partial charge in [-0.3, -0.25) is 0 Å². The molecule has 1 aromatic rings. The predicted molar refractivity (Wildman–Crippen MR) is 97.6 cm³/mol. The van der Waals surface area contributed by atoms with E-state index in [1.807, 2.05) is 25.1 Å². The molecule has 3 heteroatoms. The highest BCUT2D eigenvalue weighted by molar-refractivity contribution is 6.61. The van der Waals surface area contributed by atoms with Gasteiger partial charge in [-0.2, -0.15) is 0 Å². The maximum absolute atomic E-state index is 9.95. The molecule has 0 aromatic heterocycles. The molecule has 2 rings (SSSR count). The van der Waals surface area contributed by atoms with Gasteiger partial charge in [0.05, 0.1) is 0 Å². The molecule has 0 amide bonds. The minimum atomic E-state index is -0.827. The minimum Gasteiger partial charge on any atom is -0.423 e. The Morgan fingerprint density at radius 1 is 1.09 bits per heavy atom. The van der Waals surface area contributed by atoms with E-state index in [1.54, 1.807) is 0 Å². The van der Waals surface area contributed by atoms with Crippen LogP contribution in [-0.2, 0) is 4.65 Å². The molecule has 0 fully saturated rings. The van der Waals surface area contributed by atoms with Crippen LogP contribution >= 0.6 is 0 Å². The van der Waals surface area contributed by atoms with Gasteiger partial charge in [0, 0.05) is 6.42 Å². The van der Waals surface area contributed by atoms with Gasteiger partial charge in [-0.25, -0.2) is 0 Å². The van der Waals surface area contributed by atoms with Crippen LogP contribution in [0.2, 0.25) is 0 Å². The van der Waals surface area contributed by atoms with Crippen LogP contribution in [0.15, 0.2) is 18.2 Å². The third-order valence-electron chi connectivity index (χ3n) is 4.44. The van der Waals surface area contributed by atoms with Crippen molar-refractivity contribution in [1.82, 2.24) is 0 Å². The van der Waals surface area contributed by atoms with Crippen molar-refractivity contribution in [2.75, 3.05) is 0 Å². The molecule has 0 radical (unpaired) electrons. The van der Waals surface area contributed by atoms with E-state index in [-0.39, 0.29) is 6.10 Å². The van der Waals surface area contributed by atoms with Crippen LogP contribution in [0.5, 0.6) is 0 Å². The first-order valence-electron chi connectivity index (χ1n) is 9.14. The average Bonchev–Trinajstić information content (AvgIpc) is 2.85. The van der Waals surface area contributed by atoms with Gasteiger partial charge in [-0.1, -0.05) is 81.6 Å². The van der Waals surface area contributed by atoms with E-state index >= 15 is 0 Å². The average molecular weight is 312 g/mol. The van der Waals surface area contributed by atoms with Crippen molar-refractivity contribution >= 4 is 12.6 Å². The van der Waals surface area contributed by atoms with E-state index in [2.05, 4.69) is 18.8 Å². The molecule has 23 heavy (non-hydrogen) atoms. The number of benzene rings is 1. The fourth-order valence-electron chi connectivity index (χ4n) is 3.05. The molecule has 0 saturated carbocycles. The van der Waals surface area contributed by atoms with Gasteiger partial charge >= 0.3 is 7.12 Å². The lowest BCUT2D eigenvalue weighted by Gasteiger charge is -2.03. The number of hydrogen-bond acceptors (Lipinski definition) is 2. The second-order valence-electron chi connectivity index (χ2n) is 6.55. The summed E-state index contributed by atoms with van der Waals surface area (Å²) in [4.78, 5) is 0. The minimum absolute atomic E-state index is 0.269. The van der Waals surface area contributed by atoms with Gasteiger partial charge in [-0.15, -0.1) is 5.92 Å². The maximum Gasteiger partial charge on any atom is 0.492 e. The molecule has 1 N–H and O–H groups in total. The van der Waals surface area contributed by atoms with Crippen molar-refractivity contribution in [1.29, 1.82) is 0 Å². The Labute approximate surface area is 141 Å². The topological polar surface area (TPSA) is 29.5 Å². The Morgan fingerprint density at radius 3 is 2.52 bits per heavy atom. The van der Waals surface area contributed by atoms with Crippen LogP contribution in [0.4, 0.5) is 0 Å². The van der Waals surface area contributed by atoms with Gasteiger partial charge in [-0.05, 0) is 24.4 Å². The molecule has 1 aliphatic rings. The Hall–Kier alpha value is -1.24. The molecule has 1 unspecified atom stereocenters. The Bertz CT molecular complexity index is 544. The van der Waals surface area contributed by atoms with Gasteiger partial charge in [0.2, 0.25) is 0 Å². The summed E-state index contributed by atoms with van der Waals surface area (Å²) in [6.07, 6.45) is 11.2. The SMILES string of the molecule is CCCCCCCCCCC#CC1OB(O)c2cc(C)ccc21. The van der Waals surface area contributed by atoms with E-state index in [0.717, 1.165) is 29.4 Å². The zero-order valence-corrected chi connectivity index (χ0v) is 14.6. The molecule has 2 nitrogen and oxygen atoms in total. The monoisotopic (exact) mass is 312 g/mol. The maximum atomic E-state index is 9.95. The van der Waals surface area contributed by atoms with Crippen molar-refractivity contribution in [2.24, 2.45) is 0 Å². The van der Waals surface area contributed by atoms with Gasteiger partial charge in [0.25, 0.3) is 0 Å². The molecular formula is C20H29BO2. The fourth-order valence-corrected chi connectivity index (χ4v) is 3.05. The lowest BCUT2D eigenvalue weighted by molar-refractivity contribution is 0.241. The van der Waals surface area contributed by atoms with E-state index in [0.29, 0.717) is 0 Å². The molecule has 0 aliphatic carbocycles. The number of aryl methyl sites for hydroxylation is 1. The standard InChI is InChI=1S/C20H29BO2/c1-3-4-5-6-7-8-9-10-11-12-13-20-18-15-14-17(2)16-19(18)21(22)23-20/h14-16,20,22H,3-11H2,1-2H3. The van der Waals surface area contributed by atoms with Crippen LogP contribution in [-0.4, -0.2) is 12.1 Å². The lowest BCUT2D eigenvalue weighted by atomic mass is 9.78. The molecule has 0 spiro atoms. The molecule has 124 valence electrons. The first-order chi connectivity index (χ1) is 11.2. The highest BCUT2D eigenvalue weighted by atomic mass is 16.5. The summed E-state index contributed by atoms with van der Waals surface area (Å²) in [5.41, 5.74) is 3.03. The summed E-state index contributed by atoms with van der Waals surface area (Å²) >= 11 is 0. The second-order valence-corrected chi connectivity index (χ2v) is 6.55. The van der Waals surface area contributed by atoms with E-state index in [4.69, 9.17) is 4.65 Å². The summed E-state index contributed by atoms with van der Waals surface area (Å²) in [6.45, 7) is 4.28. The fraction of sp³-hybridized carbons (Fsp3) is 0.600. The third-order valence-corrected chi connectivity index (χ3v) is 4.44. The summed E-state index contributed by atoms with van der Waals surface area (Å²) in [5, 5.41) is 9.95.